The quantitative estimate of drug-likeness (QED) is 0.840. The molecule has 20 heavy (non-hydrogen) atoms. The molecule has 0 bridgehead atoms. The molecule has 4 nitrogen and oxygen atoms in total. The molecule has 0 unspecified atom stereocenters. The van der Waals surface area contributed by atoms with Crippen molar-refractivity contribution in [3.63, 3.8) is 0 Å². The van der Waals surface area contributed by atoms with Gasteiger partial charge >= 0.3 is 6.09 Å². The molecule has 112 valence electrons. The van der Waals surface area contributed by atoms with Crippen LogP contribution in [0.3, 0.4) is 0 Å². The predicted octanol–water partition coefficient (Wildman–Crippen LogP) is 3.46. The van der Waals surface area contributed by atoms with Crippen LogP contribution in [0, 0.1) is 6.92 Å². The van der Waals surface area contributed by atoms with Gasteiger partial charge in [0.1, 0.15) is 18.0 Å². The summed E-state index contributed by atoms with van der Waals surface area (Å²) in [5, 5.41) is 2.68. The number of carbonyl (C=O) groups is 1. The van der Waals surface area contributed by atoms with Crippen LogP contribution in [0.1, 0.15) is 38.8 Å². The van der Waals surface area contributed by atoms with Crippen molar-refractivity contribution in [2.75, 3.05) is 13.2 Å². The monoisotopic (exact) mass is 279 g/mol. The maximum atomic E-state index is 11.5. The van der Waals surface area contributed by atoms with Crippen LogP contribution in [0.25, 0.3) is 0 Å². The molecule has 0 aliphatic carbocycles. The number of hydrogen-bond donors (Lipinski definition) is 1. The van der Waals surface area contributed by atoms with Crippen LogP contribution in [0.15, 0.2) is 18.2 Å². The molecule has 0 saturated heterocycles. The van der Waals surface area contributed by atoms with Crippen molar-refractivity contribution in [3.8, 4) is 5.75 Å². The first-order chi connectivity index (χ1) is 9.33. The Balaban J connectivity index is 2.40. The highest BCUT2D eigenvalue weighted by molar-refractivity contribution is 5.67. The molecule has 0 aliphatic rings. The summed E-state index contributed by atoms with van der Waals surface area (Å²) in [6.45, 7) is 10.5. The van der Waals surface area contributed by atoms with E-state index in [4.69, 9.17) is 9.47 Å². The maximum absolute atomic E-state index is 11.5. The molecule has 4 heteroatoms. The number of ether oxygens (including phenoxy) is 2. The van der Waals surface area contributed by atoms with Gasteiger partial charge in [-0.05, 0) is 45.2 Å². The first-order valence-electron chi connectivity index (χ1n) is 7.01. The van der Waals surface area contributed by atoms with Crippen LogP contribution in [0.5, 0.6) is 5.75 Å². The zero-order chi connectivity index (χ0) is 15.2. The standard InChI is InChI=1S/C16H25NO3/c1-6-13-9-7-8-12(2)14(13)19-11-10-17-15(18)20-16(3,4)5/h7-9H,6,10-11H2,1-5H3,(H,17,18). The molecule has 0 radical (unpaired) electrons. The molecule has 1 rings (SSSR count). The topological polar surface area (TPSA) is 47.6 Å². The number of aryl methyl sites for hydroxylation is 2. The first kappa shape index (κ1) is 16.3. The molecule has 1 N–H and O–H groups in total. The number of nitrogens with one attached hydrogen (secondary N) is 1. The number of alkyl carbamates (subject to hydrolysis) is 1. The smallest absolute Gasteiger partial charge is 0.407 e. The lowest BCUT2D eigenvalue weighted by Crippen LogP contribution is -2.34. The van der Waals surface area contributed by atoms with Crippen LogP contribution in [-0.2, 0) is 11.2 Å². The van der Waals surface area contributed by atoms with Crippen molar-refractivity contribution >= 4 is 6.09 Å². The van der Waals surface area contributed by atoms with Gasteiger partial charge in [-0.1, -0.05) is 25.1 Å². The summed E-state index contributed by atoms with van der Waals surface area (Å²) in [4.78, 5) is 11.5. The fourth-order valence-corrected chi connectivity index (χ4v) is 1.82. The van der Waals surface area contributed by atoms with E-state index in [0.29, 0.717) is 13.2 Å². The van der Waals surface area contributed by atoms with E-state index in [2.05, 4.69) is 18.3 Å². The highest BCUT2D eigenvalue weighted by Gasteiger charge is 2.15. The van der Waals surface area contributed by atoms with E-state index in [-0.39, 0.29) is 0 Å². The summed E-state index contributed by atoms with van der Waals surface area (Å²) in [6, 6.07) is 6.11. The van der Waals surface area contributed by atoms with Gasteiger partial charge in [0.25, 0.3) is 0 Å². The van der Waals surface area contributed by atoms with E-state index in [9.17, 15) is 4.79 Å². The number of hydrogen-bond acceptors (Lipinski definition) is 3. The minimum absolute atomic E-state index is 0.415. The lowest BCUT2D eigenvalue weighted by atomic mass is 10.1. The number of amides is 1. The Morgan fingerprint density at radius 2 is 2.00 bits per heavy atom. The van der Waals surface area contributed by atoms with Gasteiger partial charge in [-0.25, -0.2) is 4.79 Å². The normalized spacial score (nSPS) is 11.1. The molecule has 1 aromatic rings. The summed E-state index contributed by atoms with van der Waals surface area (Å²) in [6.07, 6.45) is 0.512. The molecule has 0 saturated carbocycles. The van der Waals surface area contributed by atoms with Gasteiger partial charge in [0, 0.05) is 0 Å². The van der Waals surface area contributed by atoms with Crippen LogP contribution in [-0.4, -0.2) is 24.8 Å². The van der Waals surface area contributed by atoms with E-state index in [1.807, 2.05) is 39.8 Å². The molecule has 1 amide bonds. The van der Waals surface area contributed by atoms with Crippen molar-refractivity contribution < 1.29 is 14.3 Å². The second kappa shape index (κ2) is 7.17. The Morgan fingerprint density at radius 3 is 2.60 bits per heavy atom. The van der Waals surface area contributed by atoms with E-state index in [1.165, 1.54) is 5.56 Å². The summed E-state index contributed by atoms with van der Waals surface area (Å²) in [5.41, 5.74) is 1.82. The Bertz CT molecular complexity index is 450. The molecular formula is C16H25NO3. The third-order valence-electron chi connectivity index (χ3n) is 2.69. The lowest BCUT2D eigenvalue weighted by Gasteiger charge is -2.20. The van der Waals surface area contributed by atoms with Crippen LogP contribution in [0.2, 0.25) is 0 Å². The number of para-hydroxylation sites is 1. The number of benzene rings is 1. The van der Waals surface area contributed by atoms with Crippen LogP contribution in [0.4, 0.5) is 4.79 Å². The average molecular weight is 279 g/mol. The van der Waals surface area contributed by atoms with Gasteiger partial charge in [0.2, 0.25) is 0 Å². The summed E-state index contributed by atoms with van der Waals surface area (Å²) in [7, 11) is 0. The highest BCUT2D eigenvalue weighted by atomic mass is 16.6. The fourth-order valence-electron chi connectivity index (χ4n) is 1.82. The average Bonchev–Trinajstić information content (AvgIpc) is 2.33. The largest absolute Gasteiger partial charge is 0.491 e. The number of rotatable bonds is 5. The molecule has 0 atom stereocenters. The van der Waals surface area contributed by atoms with Gasteiger partial charge < -0.3 is 14.8 Å². The fraction of sp³-hybridized carbons (Fsp3) is 0.562. The molecule has 0 heterocycles. The van der Waals surface area contributed by atoms with Gasteiger partial charge in [-0.2, -0.15) is 0 Å². The SMILES string of the molecule is CCc1cccc(C)c1OCCNC(=O)OC(C)(C)C. The highest BCUT2D eigenvalue weighted by Crippen LogP contribution is 2.23. The third kappa shape index (κ3) is 5.51. The maximum Gasteiger partial charge on any atom is 0.407 e. The van der Waals surface area contributed by atoms with E-state index in [1.54, 1.807) is 0 Å². The zero-order valence-electron chi connectivity index (χ0n) is 13.1. The summed E-state index contributed by atoms with van der Waals surface area (Å²) in [5.74, 6) is 0.918. The summed E-state index contributed by atoms with van der Waals surface area (Å²) >= 11 is 0. The Hall–Kier alpha value is -1.71. The van der Waals surface area contributed by atoms with Crippen molar-refractivity contribution in [2.24, 2.45) is 0 Å². The zero-order valence-corrected chi connectivity index (χ0v) is 13.1. The molecule has 0 aliphatic heterocycles. The third-order valence-corrected chi connectivity index (χ3v) is 2.69. The lowest BCUT2D eigenvalue weighted by molar-refractivity contribution is 0.0520. The number of carbonyl (C=O) groups excluding carboxylic acids is 1. The van der Waals surface area contributed by atoms with E-state index in [0.717, 1.165) is 17.7 Å². The second-order valence-corrected chi connectivity index (χ2v) is 5.69. The Labute approximate surface area is 121 Å². The molecule has 0 spiro atoms. The van der Waals surface area contributed by atoms with Gasteiger partial charge in [0.15, 0.2) is 0 Å². The van der Waals surface area contributed by atoms with E-state index >= 15 is 0 Å². The second-order valence-electron chi connectivity index (χ2n) is 5.69. The summed E-state index contributed by atoms with van der Waals surface area (Å²) < 4.78 is 10.9. The van der Waals surface area contributed by atoms with Gasteiger partial charge in [0.05, 0.1) is 6.54 Å². The van der Waals surface area contributed by atoms with Crippen molar-refractivity contribution in [1.29, 1.82) is 0 Å². The Morgan fingerprint density at radius 1 is 1.30 bits per heavy atom. The first-order valence-corrected chi connectivity index (χ1v) is 7.01. The minimum Gasteiger partial charge on any atom is -0.491 e. The molecule has 1 aromatic carbocycles. The van der Waals surface area contributed by atoms with Gasteiger partial charge in [-0.15, -0.1) is 0 Å². The van der Waals surface area contributed by atoms with Crippen LogP contribution < -0.4 is 10.1 Å². The molecular weight excluding hydrogens is 254 g/mol. The van der Waals surface area contributed by atoms with Crippen molar-refractivity contribution in [2.45, 2.75) is 46.6 Å². The predicted molar refractivity (Wildman–Crippen MR) is 80.3 cm³/mol. The molecule has 0 fully saturated rings. The Kier molecular flexibility index (Phi) is 5.86. The molecule has 0 aromatic heterocycles. The van der Waals surface area contributed by atoms with E-state index < -0.39 is 11.7 Å². The van der Waals surface area contributed by atoms with Gasteiger partial charge in [-0.3, -0.25) is 0 Å². The van der Waals surface area contributed by atoms with Crippen molar-refractivity contribution in [3.05, 3.63) is 29.3 Å². The van der Waals surface area contributed by atoms with Crippen LogP contribution >= 0.6 is 0 Å². The van der Waals surface area contributed by atoms with Crippen molar-refractivity contribution in [1.82, 2.24) is 5.32 Å². The minimum atomic E-state index is -0.476.